The molecule has 3 aromatic rings. The van der Waals surface area contributed by atoms with E-state index in [4.69, 9.17) is 10.2 Å². The maximum atomic E-state index is 14.1. The van der Waals surface area contributed by atoms with Gasteiger partial charge in [0.1, 0.15) is 11.5 Å². The largest absolute Gasteiger partial charge is 0.420 e. The molecule has 0 aliphatic carbocycles. The number of nitrogens with two attached hydrogens (primary N) is 1. The predicted octanol–water partition coefficient (Wildman–Crippen LogP) is 2.01. The lowest BCUT2D eigenvalue weighted by atomic mass is 10.2. The molecule has 0 radical (unpaired) electrons. The van der Waals surface area contributed by atoms with Crippen LogP contribution >= 0.6 is 0 Å². The molecule has 0 bridgehead atoms. The van der Waals surface area contributed by atoms with Gasteiger partial charge >= 0.3 is 0 Å². The number of nitrogens with one attached hydrogen (secondary N) is 1. The zero-order valence-electron chi connectivity index (χ0n) is 12.1. The minimum absolute atomic E-state index is 0.0658. The molecule has 22 heavy (non-hydrogen) atoms. The smallest absolute Gasteiger partial charge is 0.264 e. The van der Waals surface area contributed by atoms with Crippen LogP contribution in [0.5, 0.6) is 0 Å². The third-order valence-electron chi connectivity index (χ3n) is 3.24. The van der Waals surface area contributed by atoms with Gasteiger partial charge in [-0.05, 0) is 18.2 Å². The Morgan fingerprint density at radius 1 is 1.45 bits per heavy atom. The second-order valence-corrected chi connectivity index (χ2v) is 4.80. The Hall–Kier alpha value is -2.74. The molecule has 1 amide bonds. The Morgan fingerprint density at radius 3 is 2.82 bits per heavy atom. The first kappa shape index (κ1) is 14.2. The molecule has 0 aliphatic heterocycles. The van der Waals surface area contributed by atoms with Crippen molar-refractivity contribution in [2.45, 2.75) is 20.5 Å². The Labute approximate surface area is 124 Å². The minimum atomic E-state index is -0.422. The van der Waals surface area contributed by atoms with Crippen LogP contribution in [0.3, 0.4) is 0 Å². The number of aryl methyl sites for hydroxylation is 1. The van der Waals surface area contributed by atoms with Crippen LogP contribution in [-0.2, 0) is 11.5 Å². The second-order valence-electron chi connectivity index (χ2n) is 4.80. The average molecular weight is 303 g/mol. The van der Waals surface area contributed by atoms with E-state index in [0.717, 1.165) is 0 Å². The van der Waals surface area contributed by atoms with Gasteiger partial charge in [-0.25, -0.2) is 4.39 Å². The van der Waals surface area contributed by atoms with Crippen molar-refractivity contribution < 1.29 is 13.6 Å². The van der Waals surface area contributed by atoms with Crippen molar-refractivity contribution in [3.63, 3.8) is 0 Å². The van der Waals surface area contributed by atoms with Crippen LogP contribution in [0.25, 0.3) is 22.5 Å². The Bertz CT molecular complexity index is 868. The van der Waals surface area contributed by atoms with Gasteiger partial charge in [-0.15, -0.1) is 10.2 Å². The molecule has 3 rings (SSSR count). The summed E-state index contributed by atoms with van der Waals surface area (Å²) in [6.45, 7) is 3.11. The number of fused-ring (bicyclic) bond motifs is 1. The molecule has 114 valence electrons. The van der Waals surface area contributed by atoms with Gasteiger partial charge in [0.15, 0.2) is 0 Å². The van der Waals surface area contributed by atoms with Crippen LogP contribution in [0.15, 0.2) is 22.6 Å². The number of halogens is 1. The number of benzene rings is 1. The number of hydrogen-bond donors (Lipinski definition) is 2. The minimum Gasteiger partial charge on any atom is -0.420 e. The third-order valence-corrected chi connectivity index (χ3v) is 3.24. The molecule has 0 unspecified atom stereocenters. The summed E-state index contributed by atoms with van der Waals surface area (Å²) in [7, 11) is 0. The van der Waals surface area contributed by atoms with E-state index in [1.165, 1.54) is 19.1 Å². The summed E-state index contributed by atoms with van der Waals surface area (Å²) in [5, 5.41) is 10.7. The average Bonchev–Trinajstić information content (AvgIpc) is 3.05. The first-order chi connectivity index (χ1) is 10.5. The normalized spacial score (nSPS) is 11.1. The first-order valence-corrected chi connectivity index (χ1v) is 6.61. The molecule has 3 N–H and O–H groups in total. The topological polar surface area (TPSA) is 99.0 Å². The molecule has 0 fully saturated rings. The van der Waals surface area contributed by atoms with Gasteiger partial charge in [-0.1, -0.05) is 0 Å². The summed E-state index contributed by atoms with van der Waals surface area (Å²) >= 11 is 0. The summed E-state index contributed by atoms with van der Waals surface area (Å²) in [6.07, 6.45) is 0. The van der Waals surface area contributed by atoms with Gasteiger partial charge in [0.25, 0.3) is 5.89 Å². The quantitative estimate of drug-likeness (QED) is 0.771. The number of nitrogens with zero attached hydrogens (tertiary/aromatic N) is 3. The summed E-state index contributed by atoms with van der Waals surface area (Å²) in [5.41, 5.74) is 7.23. The molecule has 0 spiro atoms. The summed E-state index contributed by atoms with van der Waals surface area (Å²) in [4.78, 5) is 11.3. The number of hydrogen-bond acceptors (Lipinski definition) is 5. The fourth-order valence-electron chi connectivity index (χ4n) is 2.40. The molecule has 2 heterocycles. The summed E-state index contributed by atoms with van der Waals surface area (Å²) in [5.74, 6) is -0.0413. The molecule has 0 saturated carbocycles. The molecule has 2 aromatic heterocycles. The van der Waals surface area contributed by atoms with Gasteiger partial charge in [0.05, 0.1) is 17.9 Å². The highest BCUT2D eigenvalue weighted by atomic mass is 19.1. The van der Waals surface area contributed by atoms with Gasteiger partial charge in [-0.2, -0.15) is 0 Å². The second kappa shape index (κ2) is 5.23. The predicted molar refractivity (Wildman–Crippen MR) is 78.4 cm³/mol. The number of amides is 1. The highest BCUT2D eigenvalue weighted by molar-refractivity contribution is 6.02. The lowest BCUT2D eigenvalue weighted by molar-refractivity contribution is -0.114. The highest BCUT2D eigenvalue weighted by Gasteiger charge is 2.19. The number of aromatic nitrogens is 3. The number of anilines is 1. The van der Waals surface area contributed by atoms with Crippen molar-refractivity contribution in [3.8, 4) is 11.6 Å². The molecular weight excluding hydrogens is 289 g/mol. The van der Waals surface area contributed by atoms with Crippen molar-refractivity contribution in [1.82, 2.24) is 14.8 Å². The number of carbonyl (C=O) groups is 1. The Morgan fingerprint density at radius 2 is 2.23 bits per heavy atom. The molecule has 7 nitrogen and oxygen atoms in total. The monoisotopic (exact) mass is 303 g/mol. The van der Waals surface area contributed by atoms with Crippen molar-refractivity contribution in [1.29, 1.82) is 0 Å². The lowest BCUT2D eigenvalue weighted by Gasteiger charge is -2.10. The van der Waals surface area contributed by atoms with Crippen LogP contribution in [-0.4, -0.2) is 20.7 Å². The maximum absolute atomic E-state index is 14.1. The van der Waals surface area contributed by atoms with E-state index in [1.54, 1.807) is 17.6 Å². The van der Waals surface area contributed by atoms with Crippen molar-refractivity contribution in [3.05, 3.63) is 29.9 Å². The highest BCUT2D eigenvalue weighted by Crippen LogP contribution is 2.33. The van der Waals surface area contributed by atoms with E-state index in [1.807, 2.05) is 0 Å². The van der Waals surface area contributed by atoms with Crippen molar-refractivity contribution in [2.75, 3.05) is 5.32 Å². The summed E-state index contributed by atoms with van der Waals surface area (Å²) in [6, 6.07) is 4.36. The van der Waals surface area contributed by atoms with Gasteiger partial charge in [0.2, 0.25) is 11.8 Å². The summed E-state index contributed by atoms with van der Waals surface area (Å²) < 4.78 is 21.1. The molecule has 0 atom stereocenters. The first-order valence-electron chi connectivity index (χ1n) is 6.61. The van der Waals surface area contributed by atoms with Crippen LogP contribution in [0, 0.1) is 12.7 Å². The maximum Gasteiger partial charge on any atom is 0.264 e. The van der Waals surface area contributed by atoms with E-state index in [-0.39, 0.29) is 18.5 Å². The standard InChI is InChI=1S/C14H14FN5O2/c1-7(21)17-11-4-3-10(15)9-5-12(20(6-16)13(9)11)14-19-18-8(2)22-14/h3-5H,6,16H2,1-2H3,(H,17,21). The van der Waals surface area contributed by atoms with Crippen LogP contribution in [0.1, 0.15) is 12.8 Å². The Kier molecular flexibility index (Phi) is 3.38. The van der Waals surface area contributed by atoms with E-state index >= 15 is 0 Å². The van der Waals surface area contributed by atoms with E-state index in [0.29, 0.717) is 28.2 Å². The van der Waals surface area contributed by atoms with Crippen LogP contribution in [0.2, 0.25) is 0 Å². The fourth-order valence-corrected chi connectivity index (χ4v) is 2.40. The lowest BCUT2D eigenvalue weighted by Crippen LogP contribution is -2.12. The van der Waals surface area contributed by atoms with E-state index < -0.39 is 5.82 Å². The number of rotatable bonds is 3. The molecule has 1 aromatic carbocycles. The Balaban J connectivity index is 2.31. The molecule has 0 saturated heterocycles. The SMILES string of the molecule is CC(=O)Nc1ccc(F)c2cc(-c3nnc(C)o3)n(CN)c12. The van der Waals surface area contributed by atoms with E-state index in [2.05, 4.69) is 15.5 Å². The molecule has 0 aliphatic rings. The number of carbonyl (C=O) groups excluding carboxylic acids is 1. The zero-order valence-corrected chi connectivity index (χ0v) is 12.1. The third kappa shape index (κ3) is 2.23. The van der Waals surface area contributed by atoms with Gasteiger partial charge < -0.3 is 20.0 Å². The molecular formula is C14H14FN5O2. The van der Waals surface area contributed by atoms with Crippen molar-refractivity contribution >= 4 is 22.5 Å². The molecule has 8 heteroatoms. The zero-order chi connectivity index (χ0) is 15.9. The fraction of sp³-hybridized carbons (Fsp3) is 0.214. The van der Waals surface area contributed by atoms with Gasteiger partial charge in [-0.3, -0.25) is 4.79 Å². The van der Waals surface area contributed by atoms with Crippen LogP contribution < -0.4 is 11.1 Å². The van der Waals surface area contributed by atoms with E-state index in [9.17, 15) is 9.18 Å². The van der Waals surface area contributed by atoms with Crippen molar-refractivity contribution in [2.24, 2.45) is 5.73 Å². The van der Waals surface area contributed by atoms with Crippen LogP contribution in [0.4, 0.5) is 10.1 Å². The van der Waals surface area contributed by atoms with Gasteiger partial charge in [0, 0.05) is 19.2 Å².